The number of rotatable bonds is 3. The van der Waals surface area contributed by atoms with Crippen LogP contribution in [0.4, 0.5) is 11.4 Å². The minimum atomic E-state index is -0.895. The molecule has 0 aliphatic carbocycles. The summed E-state index contributed by atoms with van der Waals surface area (Å²) in [6, 6.07) is 13.2. The normalized spacial score (nSPS) is 10.1. The fraction of sp³-hybridized carbons (Fsp3) is 0.0714. The molecule has 92 valence electrons. The van der Waals surface area contributed by atoms with Gasteiger partial charge < -0.3 is 10.4 Å². The van der Waals surface area contributed by atoms with Gasteiger partial charge in [0.05, 0.1) is 11.3 Å². The van der Waals surface area contributed by atoms with E-state index in [4.69, 9.17) is 5.11 Å². The molecule has 0 saturated carbocycles. The average molecular weight is 353 g/mol. The number of nitrogens with one attached hydrogen (secondary N) is 1. The van der Waals surface area contributed by atoms with Gasteiger partial charge in [-0.2, -0.15) is 0 Å². The summed E-state index contributed by atoms with van der Waals surface area (Å²) in [6.07, 6.45) is 0. The summed E-state index contributed by atoms with van der Waals surface area (Å²) in [5.41, 5.74) is 2.99. The monoisotopic (exact) mass is 353 g/mol. The van der Waals surface area contributed by atoms with Gasteiger partial charge in [-0.25, -0.2) is 4.79 Å². The largest absolute Gasteiger partial charge is 0.478 e. The van der Waals surface area contributed by atoms with Gasteiger partial charge in [-0.05, 0) is 65.4 Å². The summed E-state index contributed by atoms with van der Waals surface area (Å²) in [7, 11) is 0. The van der Waals surface area contributed by atoms with Crippen molar-refractivity contribution in [3.05, 3.63) is 57.2 Å². The van der Waals surface area contributed by atoms with E-state index in [2.05, 4.69) is 27.9 Å². The van der Waals surface area contributed by atoms with Crippen LogP contribution in [0.3, 0.4) is 0 Å². The average Bonchev–Trinajstić information content (AvgIpc) is 2.32. The number of aryl methyl sites for hydroxylation is 1. The quantitative estimate of drug-likeness (QED) is 0.819. The lowest BCUT2D eigenvalue weighted by atomic mass is 10.1. The van der Waals surface area contributed by atoms with Crippen LogP contribution < -0.4 is 5.32 Å². The number of carboxylic acid groups (broad SMARTS) is 1. The lowest BCUT2D eigenvalue weighted by Gasteiger charge is -2.10. The van der Waals surface area contributed by atoms with E-state index in [9.17, 15) is 4.79 Å². The molecule has 2 aromatic carbocycles. The first-order valence-corrected chi connectivity index (χ1v) is 6.51. The Morgan fingerprint density at radius 2 is 1.94 bits per heavy atom. The molecule has 0 bridgehead atoms. The first-order chi connectivity index (χ1) is 8.58. The Bertz CT molecular complexity index is 596. The number of anilines is 2. The number of benzene rings is 2. The van der Waals surface area contributed by atoms with Crippen molar-refractivity contribution in [2.75, 3.05) is 5.32 Å². The Balaban J connectivity index is 2.29. The standard InChI is InChI=1S/C14H12INO2/c1-9-8-10(6-7-11(9)14(17)18)16-13-5-3-2-4-12(13)15/h2-8,16H,1H3,(H,17,18). The molecule has 2 rings (SSSR count). The molecule has 18 heavy (non-hydrogen) atoms. The SMILES string of the molecule is Cc1cc(Nc2ccccc2I)ccc1C(=O)O. The summed E-state index contributed by atoms with van der Waals surface area (Å²) in [6.45, 7) is 1.80. The van der Waals surface area contributed by atoms with Crippen molar-refractivity contribution in [3.63, 3.8) is 0 Å². The zero-order chi connectivity index (χ0) is 13.1. The molecular formula is C14H12INO2. The lowest BCUT2D eigenvalue weighted by Crippen LogP contribution is -2.00. The predicted octanol–water partition coefficient (Wildman–Crippen LogP) is 4.04. The van der Waals surface area contributed by atoms with Crippen molar-refractivity contribution in [2.45, 2.75) is 6.92 Å². The van der Waals surface area contributed by atoms with E-state index < -0.39 is 5.97 Å². The molecule has 0 heterocycles. The smallest absolute Gasteiger partial charge is 0.335 e. The maximum atomic E-state index is 10.9. The van der Waals surface area contributed by atoms with Crippen LogP contribution in [0.2, 0.25) is 0 Å². The van der Waals surface area contributed by atoms with Gasteiger partial charge in [0.2, 0.25) is 0 Å². The van der Waals surface area contributed by atoms with Gasteiger partial charge in [0, 0.05) is 9.26 Å². The third-order valence-corrected chi connectivity index (χ3v) is 3.55. The number of carboxylic acids is 1. The third kappa shape index (κ3) is 2.81. The maximum Gasteiger partial charge on any atom is 0.335 e. The number of hydrogen-bond acceptors (Lipinski definition) is 2. The zero-order valence-corrected chi connectivity index (χ0v) is 11.9. The molecule has 0 atom stereocenters. The Hall–Kier alpha value is -1.56. The second kappa shape index (κ2) is 5.39. The van der Waals surface area contributed by atoms with E-state index >= 15 is 0 Å². The molecule has 0 saturated heterocycles. The highest BCUT2D eigenvalue weighted by Crippen LogP contribution is 2.23. The fourth-order valence-corrected chi connectivity index (χ4v) is 2.22. The van der Waals surface area contributed by atoms with Gasteiger partial charge in [-0.3, -0.25) is 0 Å². The van der Waals surface area contributed by atoms with E-state index in [1.807, 2.05) is 30.3 Å². The molecule has 0 aliphatic rings. The molecule has 0 radical (unpaired) electrons. The number of hydrogen-bond donors (Lipinski definition) is 2. The summed E-state index contributed by atoms with van der Waals surface area (Å²) in [5.74, 6) is -0.895. The Morgan fingerprint density at radius 1 is 1.22 bits per heavy atom. The second-order valence-electron chi connectivity index (χ2n) is 3.94. The number of para-hydroxylation sites is 1. The van der Waals surface area contributed by atoms with Crippen molar-refractivity contribution in [1.82, 2.24) is 0 Å². The van der Waals surface area contributed by atoms with Gasteiger partial charge in [0.25, 0.3) is 0 Å². The molecule has 0 fully saturated rings. The lowest BCUT2D eigenvalue weighted by molar-refractivity contribution is 0.0696. The molecular weight excluding hydrogens is 341 g/mol. The summed E-state index contributed by atoms with van der Waals surface area (Å²) in [5, 5.41) is 12.2. The summed E-state index contributed by atoms with van der Waals surface area (Å²) < 4.78 is 1.12. The van der Waals surface area contributed by atoms with E-state index in [1.54, 1.807) is 19.1 Å². The fourth-order valence-electron chi connectivity index (χ4n) is 1.70. The number of aromatic carboxylic acids is 1. The number of carbonyl (C=O) groups is 1. The van der Waals surface area contributed by atoms with Gasteiger partial charge in [0.1, 0.15) is 0 Å². The zero-order valence-electron chi connectivity index (χ0n) is 9.77. The van der Waals surface area contributed by atoms with Crippen LogP contribution in [0, 0.1) is 10.5 Å². The highest BCUT2D eigenvalue weighted by Gasteiger charge is 2.07. The van der Waals surface area contributed by atoms with E-state index in [1.165, 1.54) is 0 Å². The van der Waals surface area contributed by atoms with Gasteiger partial charge in [0.15, 0.2) is 0 Å². The molecule has 3 nitrogen and oxygen atoms in total. The van der Waals surface area contributed by atoms with Gasteiger partial charge in [-0.15, -0.1) is 0 Å². The van der Waals surface area contributed by atoms with E-state index in [0.717, 1.165) is 20.5 Å². The first-order valence-electron chi connectivity index (χ1n) is 5.43. The van der Waals surface area contributed by atoms with Crippen LogP contribution in [0.15, 0.2) is 42.5 Å². The van der Waals surface area contributed by atoms with E-state index in [0.29, 0.717) is 5.56 Å². The van der Waals surface area contributed by atoms with E-state index in [-0.39, 0.29) is 0 Å². The second-order valence-corrected chi connectivity index (χ2v) is 5.10. The third-order valence-electron chi connectivity index (χ3n) is 2.61. The van der Waals surface area contributed by atoms with Crippen molar-refractivity contribution in [2.24, 2.45) is 0 Å². The highest BCUT2D eigenvalue weighted by atomic mass is 127. The number of halogens is 1. The minimum absolute atomic E-state index is 0.336. The van der Waals surface area contributed by atoms with Crippen molar-refractivity contribution >= 4 is 39.9 Å². The molecule has 2 aromatic rings. The molecule has 0 unspecified atom stereocenters. The van der Waals surface area contributed by atoms with Crippen molar-refractivity contribution in [1.29, 1.82) is 0 Å². The van der Waals surface area contributed by atoms with Crippen LogP contribution >= 0.6 is 22.6 Å². The van der Waals surface area contributed by atoms with Crippen molar-refractivity contribution < 1.29 is 9.90 Å². The summed E-state index contributed by atoms with van der Waals surface area (Å²) in [4.78, 5) is 10.9. The predicted molar refractivity (Wildman–Crippen MR) is 80.6 cm³/mol. The van der Waals surface area contributed by atoms with Crippen LogP contribution in [0.5, 0.6) is 0 Å². The molecule has 0 amide bonds. The minimum Gasteiger partial charge on any atom is -0.478 e. The maximum absolute atomic E-state index is 10.9. The summed E-state index contributed by atoms with van der Waals surface area (Å²) >= 11 is 2.26. The topological polar surface area (TPSA) is 49.3 Å². The molecule has 4 heteroatoms. The molecule has 0 spiro atoms. The Morgan fingerprint density at radius 3 is 2.56 bits per heavy atom. The highest BCUT2D eigenvalue weighted by molar-refractivity contribution is 14.1. The Kier molecular flexibility index (Phi) is 3.86. The van der Waals surface area contributed by atoms with Crippen LogP contribution in [-0.4, -0.2) is 11.1 Å². The van der Waals surface area contributed by atoms with Crippen LogP contribution in [0.25, 0.3) is 0 Å². The van der Waals surface area contributed by atoms with Crippen molar-refractivity contribution in [3.8, 4) is 0 Å². The van der Waals surface area contributed by atoms with Gasteiger partial charge in [-0.1, -0.05) is 12.1 Å². The first kappa shape index (κ1) is 12.9. The Labute approximate surface area is 119 Å². The van der Waals surface area contributed by atoms with Crippen LogP contribution in [0.1, 0.15) is 15.9 Å². The molecule has 2 N–H and O–H groups in total. The molecule has 0 aromatic heterocycles. The molecule has 0 aliphatic heterocycles. The van der Waals surface area contributed by atoms with Crippen LogP contribution in [-0.2, 0) is 0 Å². The van der Waals surface area contributed by atoms with Gasteiger partial charge >= 0.3 is 5.97 Å².